The molecule has 31 heavy (non-hydrogen) atoms. The van der Waals surface area contributed by atoms with E-state index < -0.39 is 0 Å². The van der Waals surface area contributed by atoms with Gasteiger partial charge in [0.05, 0.1) is 12.0 Å². The second-order valence-electron chi connectivity index (χ2n) is 7.73. The first-order valence-corrected chi connectivity index (χ1v) is 11.6. The number of thioether (sulfide) groups is 1. The molecule has 0 aliphatic rings. The Hall–Kier alpha value is -3.05. The van der Waals surface area contributed by atoms with Crippen molar-refractivity contribution in [2.75, 3.05) is 5.75 Å². The monoisotopic (exact) mass is 429 g/mol. The van der Waals surface area contributed by atoms with Crippen LogP contribution in [-0.4, -0.2) is 22.4 Å². The molecule has 0 aliphatic heterocycles. The summed E-state index contributed by atoms with van der Waals surface area (Å²) in [5, 5.41) is 7.80. The second-order valence-corrected chi connectivity index (χ2v) is 8.75. The van der Waals surface area contributed by atoms with Crippen LogP contribution < -0.4 is 5.43 Å². The highest BCUT2D eigenvalue weighted by atomic mass is 32.2. The average Bonchev–Trinajstić information content (AvgIpc) is 3.03. The molecule has 0 saturated heterocycles. The smallest absolute Gasteiger partial charge is 0.250 e. The summed E-state index contributed by atoms with van der Waals surface area (Å²) in [5.41, 5.74) is 7.36. The third kappa shape index (κ3) is 4.52. The molecule has 0 radical (unpaired) electrons. The molecule has 4 nitrogen and oxygen atoms in total. The molecule has 0 spiro atoms. The Morgan fingerprint density at radius 2 is 1.87 bits per heavy atom. The summed E-state index contributed by atoms with van der Waals surface area (Å²) in [5.74, 6) is 0.210. The van der Waals surface area contributed by atoms with E-state index in [9.17, 15) is 4.79 Å². The maximum absolute atomic E-state index is 12.4. The van der Waals surface area contributed by atoms with Gasteiger partial charge in [-0.25, -0.2) is 5.43 Å². The van der Waals surface area contributed by atoms with Gasteiger partial charge in [0.2, 0.25) is 5.91 Å². The van der Waals surface area contributed by atoms with Crippen LogP contribution in [0.3, 0.4) is 0 Å². The number of aromatic nitrogens is 1. The van der Waals surface area contributed by atoms with Gasteiger partial charge in [-0.1, -0.05) is 55.0 Å². The first-order valence-electron chi connectivity index (χ1n) is 10.6. The number of amides is 1. The van der Waals surface area contributed by atoms with Crippen LogP contribution in [0.15, 0.2) is 70.7 Å². The second kappa shape index (κ2) is 9.40. The van der Waals surface area contributed by atoms with Gasteiger partial charge in [-0.2, -0.15) is 5.10 Å². The molecule has 1 aromatic heterocycles. The zero-order chi connectivity index (χ0) is 21.8. The van der Waals surface area contributed by atoms with Crippen LogP contribution in [0, 0.1) is 13.8 Å². The molecule has 1 amide bonds. The molecule has 0 saturated carbocycles. The van der Waals surface area contributed by atoms with Crippen LogP contribution in [0.2, 0.25) is 0 Å². The van der Waals surface area contributed by atoms with Crippen molar-refractivity contribution in [2.45, 2.75) is 38.6 Å². The van der Waals surface area contributed by atoms with Crippen LogP contribution in [-0.2, 0) is 11.3 Å². The Labute approximate surface area is 187 Å². The Balaban J connectivity index is 1.47. The molecule has 1 heterocycles. The Morgan fingerprint density at radius 3 is 2.71 bits per heavy atom. The quantitative estimate of drug-likeness (QED) is 0.220. The third-order valence-corrected chi connectivity index (χ3v) is 6.54. The molecule has 0 aliphatic carbocycles. The summed E-state index contributed by atoms with van der Waals surface area (Å²) in [7, 11) is 0. The number of rotatable bonds is 7. The highest BCUT2D eigenvalue weighted by Crippen LogP contribution is 2.28. The molecule has 5 heteroatoms. The molecule has 158 valence electrons. The van der Waals surface area contributed by atoms with E-state index in [0.717, 1.165) is 23.4 Å². The van der Waals surface area contributed by atoms with Crippen LogP contribution in [0.4, 0.5) is 0 Å². The van der Waals surface area contributed by atoms with Gasteiger partial charge in [-0.15, -0.1) is 11.8 Å². The number of hydrogen-bond donors (Lipinski definition) is 1. The lowest BCUT2D eigenvalue weighted by atomic mass is 10.1. The molecule has 4 aromatic rings. The van der Waals surface area contributed by atoms with E-state index in [1.54, 1.807) is 6.21 Å². The van der Waals surface area contributed by atoms with Gasteiger partial charge in [0, 0.05) is 33.6 Å². The molecule has 3 aromatic carbocycles. The summed E-state index contributed by atoms with van der Waals surface area (Å²) < 4.78 is 2.33. The van der Waals surface area contributed by atoms with Gasteiger partial charge in [-0.05, 0) is 49.2 Å². The van der Waals surface area contributed by atoms with Crippen molar-refractivity contribution in [3.63, 3.8) is 0 Å². The van der Waals surface area contributed by atoms with Gasteiger partial charge < -0.3 is 4.57 Å². The van der Waals surface area contributed by atoms with Gasteiger partial charge >= 0.3 is 0 Å². The Kier molecular flexibility index (Phi) is 6.42. The van der Waals surface area contributed by atoms with Crippen molar-refractivity contribution in [3.8, 4) is 0 Å². The van der Waals surface area contributed by atoms with Gasteiger partial charge in [-0.3, -0.25) is 4.79 Å². The molecule has 0 atom stereocenters. The summed E-state index contributed by atoms with van der Waals surface area (Å²) in [6.45, 7) is 7.36. The number of nitrogens with one attached hydrogen (secondary N) is 1. The lowest BCUT2D eigenvalue weighted by Gasteiger charge is -2.06. The summed E-state index contributed by atoms with van der Waals surface area (Å²) >= 11 is 1.53. The largest absolute Gasteiger partial charge is 0.344 e. The first-order chi connectivity index (χ1) is 15.1. The van der Waals surface area contributed by atoms with E-state index in [1.807, 2.05) is 18.2 Å². The fourth-order valence-electron chi connectivity index (χ4n) is 3.96. The molecule has 0 unspecified atom stereocenters. The molecular weight excluding hydrogens is 402 g/mol. The van der Waals surface area contributed by atoms with Crippen molar-refractivity contribution in [3.05, 3.63) is 77.5 Å². The van der Waals surface area contributed by atoms with Gasteiger partial charge in [0.25, 0.3) is 0 Å². The predicted octanol–water partition coefficient (Wildman–Crippen LogP) is 6.06. The minimum Gasteiger partial charge on any atom is -0.344 e. The maximum atomic E-state index is 12.4. The topological polar surface area (TPSA) is 46.4 Å². The van der Waals surface area contributed by atoms with Crippen molar-refractivity contribution >= 4 is 45.6 Å². The number of hydrazone groups is 1. The number of fused-ring (bicyclic) bond motifs is 2. The van der Waals surface area contributed by atoms with E-state index in [2.05, 4.69) is 78.3 Å². The zero-order valence-electron chi connectivity index (χ0n) is 18.2. The van der Waals surface area contributed by atoms with E-state index >= 15 is 0 Å². The van der Waals surface area contributed by atoms with E-state index in [0.29, 0.717) is 5.75 Å². The summed E-state index contributed by atoms with van der Waals surface area (Å²) in [6.07, 6.45) is 2.85. The standard InChI is InChI=1S/C26H27N3OS/c1-4-14-29-19(3)23(22-15-18(2)12-13-24(22)29)16-27-28-26(30)17-31-25-11-7-9-20-8-5-6-10-21(20)25/h5-13,15-16H,4,14,17H2,1-3H3,(H,28,30)/b27-16-. The minimum absolute atomic E-state index is 0.111. The van der Waals surface area contributed by atoms with Crippen molar-refractivity contribution in [1.82, 2.24) is 9.99 Å². The highest BCUT2D eigenvalue weighted by Gasteiger charge is 2.12. The normalized spacial score (nSPS) is 11.6. The molecule has 1 N–H and O–H groups in total. The molecule has 0 bridgehead atoms. The van der Waals surface area contributed by atoms with E-state index in [4.69, 9.17) is 0 Å². The van der Waals surface area contributed by atoms with Crippen molar-refractivity contribution < 1.29 is 4.79 Å². The van der Waals surface area contributed by atoms with Crippen LogP contribution >= 0.6 is 11.8 Å². The maximum Gasteiger partial charge on any atom is 0.250 e. The third-order valence-electron chi connectivity index (χ3n) is 5.47. The first kappa shape index (κ1) is 21.2. The molecule has 4 rings (SSSR count). The lowest BCUT2D eigenvalue weighted by Crippen LogP contribution is -2.19. The average molecular weight is 430 g/mol. The van der Waals surface area contributed by atoms with Crippen LogP contribution in [0.1, 0.15) is 30.2 Å². The Bertz CT molecular complexity index is 1270. The van der Waals surface area contributed by atoms with E-state index in [1.165, 1.54) is 44.7 Å². The van der Waals surface area contributed by atoms with E-state index in [-0.39, 0.29) is 5.91 Å². The van der Waals surface area contributed by atoms with Gasteiger partial charge in [0.1, 0.15) is 0 Å². The van der Waals surface area contributed by atoms with Gasteiger partial charge in [0.15, 0.2) is 0 Å². The molecule has 0 fully saturated rings. The highest BCUT2D eigenvalue weighted by molar-refractivity contribution is 8.00. The SMILES string of the molecule is CCCn1c(C)c(/C=N\NC(=O)CSc2cccc3ccccc23)c2cc(C)ccc21. The fourth-order valence-corrected chi connectivity index (χ4v) is 4.83. The number of benzene rings is 3. The number of carbonyl (C=O) groups is 1. The number of carbonyl (C=O) groups excluding carboxylic acids is 1. The van der Waals surface area contributed by atoms with Crippen molar-refractivity contribution in [1.29, 1.82) is 0 Å². The minimum atomic E-state index is -0.111. The fraction of sp³-hybridized carbons (Fsp3) is 0.231. The zero-order valence-corrected chi connectivity index (χ0v) is 19.0. The number of hydrogen-bond acceptors (Lipinski definition) is 3. The van der Waals surface area contributed by atoms with Crippen molar-refractivity contribution in [2.24, 2.45) is 5.10 Å². The van der Waals surface area contributed by atoms with Crippen LogP contribution in [0.5, 0.6) is 0 Å². The molecular formula is C26H27N3OS. The van der Waals surface area contributed by atoms with Crippen LogP contribution in [0.25, 0.3) is 21.7 Å². The lowest BCUT2D eigenvalue weighted by molar-refractivity contribution is -0.118. The summed E-state index contributed by atoms with van der Waals surface area (Å²) in [4.78, 5) is 13.5. The number of aryl methyl sites for hydroxylation is 2. The predicted molar refractivity (Wildman–Crippen MR) is 132 cm³/mol. The summed E-state index contributed by atoms with van der Waals surface area (Å²) in [6, 6.07) is 20.9. The Morgan fingerprint density at radius 1 is 1.06 bits per heavy atom. The number of nitrogens with zero attached hydrogens (tertiary/aromatic N) is 2.